The summed E-state index contributed by atoms with van der Waals surface area (Å²) in [6.07, 6.45) is 1.81. The Balaban J connectivity index is 1.37. The number of carbonyl (C=O) groups is 1. The number of anilines is 1. The highest BCUT2D eigenvalue weighted by molar-refractivity contribution is 7.17. The maximum absolute atomic E-state index is 12.7. The molecule has 3 heterocycles. The molecule has 27 heavy (non-hydrogen) atoms. The van der Waals surface area contributed by atoms with Gasteiger partial charge in [-0.25, -0.2) is 0 Å². The summed E-state index contributed by atoms with van der Waals surface area (Å²) in [6, 6.07) is 10.1. The second kappa shape index (κ2) is 7.52. The lowest BCUT2D eigenvalue weighted by Crippen LogP contribution is -2.42. The smallest absolute Gasteiger partial charge is 0.270 e. The second-order valence-electron chi connectivity index (χ2n) is 6.69. The molecule has 0 aliphatic carbocycles. The van der Waals surface area contributed by atoms with Crippen molar-refractivity contribution >= 4 is 33.1 Å². The van der Waals surface area contributed by atoms with E-state index < -0.39 is 0 Å². The number of nitrogens with zero attached hydrogens (tertiary/aromatic N) is 1. The van der Waals surface area contributed by atoms with Crippen molar-refractivity contribution in [1.29, 1.82) is 0 Å². The molecule has 2 N–H and O–H groups in total. The van der Waals surface area contributed by atoms with E-state index in [4.69, 9.17) is 9.47 Å². The fraction of sp³-hybridized carbons (Fsp3) is 0.350. The molecule has 6 nitrogen and oxygen atoms in total. The van der Waals surface area contributed by atoms with Crippen molar-refractivity contribution in [2.75, 3.05) is 32.6 Å². The lowest BCUT2D eigenvalue weighted by molar-refractivity contribution is 0.0713. The van der Waals surface area contributed by atoms with Crippen LogP contribution in [0.25, 0.3) is 10.2 Å². The fourth-order valence-electron chi connectivity index (χ4n) is 3.49. The van der Waals surface area contributed by atoms with Crippen molar-refractivity contribution < 1.29 is 14.3 Å². The average molecular weight is 385 g/mol. The van der Waals surface area contributed by atoms with E-state index in [1.165, 1.54) is 0 Å². The van der Waals surface area contributed by atoms with E-state index in [1.54, 1.807) is 25.6 Å². The Hall–Kier alpha value is -2.67. The molecule has 0 spiro atoms. The van der Waals surface area contributed by atoms with E-state index in [0.717, 1.165) is 53.3 Å². The van der Waals surface area contributed by atoms with Crippen LogP contribution in [0.3, 0.4) is 0 Å². The monoisotopic (exact) mass is 385 g/mol. The van der Waals surface area contributed by atoms with E-state index in [9.17, 15) is 4.79 Å². The van der Waals surface area contributed by atoms with Gasteiger partial charge in [0.25, 0.3) is 5.91 Å². The summed E-state index contributed by atoms with van der Waals surface area (Å²) >= 11 is 1.65. The van der Waals surface area contributed by atoms with Gasteiger partial charge in [0.05, 0.1) is 24.4 Å². The van der Waals surface area contributed by atoms with Crippen molar-refractivity contribution in [2.45, 2.75) is 18.9 Å². The Bertz CT molecular complexity index is 890. The normalized spacial score (nSPS) is 15.1. The van der Waals surface area contributed by atoms with Gasteiger partial charge in [0, 0.05) is 43.0 Å². The first-order chi connectivity index (χ1) is 13.2. The molecule has 3 aromatic rings. The zero-order chi connectivity index (χ0) is 18.8. The third kappa shape index (κ3) is 3.73. The van der Waals surface area contributed by atoms with E-state index in [0.29, 0.717) is 11.7 Å². The topological polar surface area (TPSA) is 66.6 Å². The van der Waals surface area contributed by atoms with E-state index >= 15 is 0 Å². The standard InChI is InChI=1S/C20H23N3O3S/c1-25-15-9-14(10-16(11-15)26-2)21-13-3-6-23(7-4-13)20(24)18-12-19-17(22-18)5-8-27-19/h5,8-13,21-22H,3-4,6-7H2,1-2H3. The largest absolute Gasteiger partial charge is 0.497 e. The summed E-state index contributed by atoms with van der Waals surface area (Å²) < 4.78 is 11.8. The minimum atomic E-state index is 0.0832. The van der Waals surface area contributed by atoms with Crippen LogP contribution in [-0.4, -0.2) is 49.1 Å². The molecule has 142 valence electrons. The van der Waals surface area contributed by atoms with Crippen LogP contribution in [0.2, 0.25) is 0 Å². The van der Waals surface area contributed by atoms with Crippen LogP contribution in [0.4, 0.5) is 5.69 Å². The first kappa shape index (κ1) is 17.7. The van der Waals surface area contributed by atoms with E-state index in [1.807, 2.05) is 40.6 Å². The number of piperidine rings is 1. The van der Waals surface area contributed by atoms with Gasteiger partial charge in [-0.3, -0.25) is 4.79 Å². The molecule has 1 saturated heterocycles. The third-order valence-electron chi connectivity index (χ3n) is 4.97. The number of amides is 1. The number of ether oxygens (including phenoxy) is 2. The summed E-state index contributed by atoms with van der Waals surface area (Å²) in [5, 5.41) is 5.57. The predicted molar refractivity (Wildman–Crippen MR) is 108 cm³/mol. The summed E-state index contributed by atoms with van der Waals surface area (Å²) in [5.74, 6) is 1.60. The molecule has 4 rings (SSSR count). The van der Waals surface area contributed by atoms with Crippen molar-refractivity contribution in [3.05, 3.63) is 41.4 Å². The Kier molecular flexibility index (Phi) is 4.94. The lowest BCUT2D eigenvalue weighted by atomic mass is 10.0. The number of methoxy groups -OCH3 is 2. The number of aromatic nitrogens is 1. The molecule has 0 atom stereocenters. The summed E-state index contributed by atoms with van der Waals surface area (Å²) in [7, 11) is 3.29. The van der Waals surface area contributed by atoms with Crippen molar-refractivity contribution in [3.63, 3.8) is 0 Å². The molecule has 0 radical (unpaired) electrons. The first-order valence-electron chi connectivity index (χ1n) is 9.01. The maximum Gasteiger partial charge on any atom is 0.270 e. The average Bonchev–Trinajstić information content (AvgIpc) is 3.30. The number of carbonyl (C=O) groups excluding carboxylic acids is 1. The molecular weight excluding hydrogens is 362 g/mol. The van der Waals surface area contributed by atoms with Crippen LogP contribution in [0.15, 0.2) is 35.7 Å². The van der Waals surface area contributed by atoms with Gasteiger partial charge in [0.15, 0.2) is 0 Å². The molecule has 1 amide bonds. The number of thiophene rings is 1. The quantitative estimate of drug-likeness (QED) is 0.698. The lowest BCUT2D eigenvalue weighted by Gasteiger charge is -2.32. The van der Waals surface area contributed by atoms with Gasteiger partial charge in [-0.1, -0.05) is 0 Å². The van der Waals surface area contributed by atoms with Crippen LogP contribution in [-0.2, 0) is 0 Å². The number of hydrogen-bond donors (Lipinski definition) is 2. The first-order valence-corrected chi connectivity index (χ1v) is 9.89. The van der Waals surface area contributed by atoms with Crippen LogP contribution < -0.4 is 14.8 Å². The molecule has 0 bridgehead atoms. The Labute approximate surface area is 162 Å². The molecule has 0 unspecified atom stereocenters. The van der Waals surface area contributed by atoms with E-state index in [-0.39, 0.29) is 5.91 Å². The number of nitrogens with one attached hydrogen (secondary N) is 2. The Morgan fingerprint density at radius 3 is 2.48 bits per heavy atom. The highest BCUT2D eigenvalue weighted by Gasteiger charge is 2.25. The Morgan fingerprint density at radius 2 is 1.85 bits per heavy atom. The van der Waals surface area contributed by atoms with Gasteiger partial charge in [-0.05, 0) is 30.4 Å². The van der Waals surface area contributed by atoms with Gasteiger partial charge >= 0.3 is 0 Å². The predicted octanol–water partition coefficient (Wildman–Crippen LogP) is 3.96. The van der Waals surface area contributed by atoms with Gasteiger partial charge in [-0.15, -0.1) is 11.3 Å². The number of benzene rings is 1. The van der Waals surface area contributed by atoms with Crippen molar-refractivity contribution in [1.82, 2.24) is 9.88 Å². The molecule has 0 saturated carbocycles. The minimum Gasteiger partial charge on any atom is -0.497 e. The number of hydrogen-bond acceptors (Lipinski definition) is 5. The number of rotatable bonds is 5. The van der Waals surface area contributed by atoms with E-state index in [2.05, 4.69) is 10.3 Å². The molecule has 1 aliphatic rings. The van der Waals surface area contributed by atoms with Gasteiger partial charge < -0.3 is 24.7 Å². The zero-order valence-electron chi connectivity index (χ0n) is 15.5. The summed E-state index contributed by atoms with van der Waals surface area (Å²) in [5.41, 5.74) is 2.69. The zero-order valence-corrected chi connectivity index (χ0v) is 16.3. The molecule has 2 aromatic heterocycles. The molecule has 7 heteroatoms. The van der Waals surface area contributed by atoms with Crippen LogP contribution in [0.1, 0.15) is 23.3 Å². The van der Waals surface area contributed by atoms with Gasteiger partial charge in [0.2, 0.25) is 0 Å². The minimum absolute atomic E-state index is 0.0832. The fourth-order valence-corrected chi connectivity index (χ4v) is 4.27. The molecule has 1 aliphatic heterocycles. The number of likely N-dealkylation sites (tertiary alicyclic amines) is 1. The third-order valence-corrected chi connectivity index (χ3v) is 5.84. The van der Waals surface area contributed by atoms with Crippen LogP contribution in [0.5, 0.6) is 11.5 Å². The number of aromatic amines is 1. The summed E-state index contributed by atoms with van der Waals surface area (Å²) in [4.78, 5) is 17.9. The molecule has 1 aromatic carbocycles. The second-order valence-corrected chi connectivity index (χ2v) is 7.64. The SMILES string of the molecule is COc1cc(NC2CCN(C(=O)c3cc4sccc4[nH]3)CC2)cc(OC)c1. The highest BCUT2D eigenvalue weighted by Crippen LogP contribution is 2.28. The molecule has 1 fully saturated rings. The van der Waals surface area contributed by atoms with Crippen molar-refractivity contribution in [3.8, 4) is 11.5 Å². The van der Waals surface area contributed by atoms with Crippen molar-refractivity contribution in [2.24, 2.45) is 0 Å². The van der Waals surface area contributed by atoms with Gasteiger partial charge in [-0.2, -0.15) is 0 Å². The Morgan fingerprint density at radius 1 is 1.15 bits per heavy atom. The highest BCUT2D eigenvalue weighted by atomic mass is 32.1. The van der Waals surface area contributed by atoms with Crippen LogP contribution in [0, 0.1) is 0 Å². The number of H-pyrrole nitrogens is 1. The van der Waals surface area contributed by atoms with Gasteiger partial charge in [0.1, 0.15) is 17.2 Å². The molecular formula is C20H23N3O3S. The van der Waals surface area contributed by atoms with Crippen LogP contribution >= 0.6 is 11.3 Å². The number of fused-ring (bicyclic) bond motifs is 1. The maximum atomic E-state index is 12.7. The summed E-state index contributed by atoms with van der Waals surface area (Å²) in [6.45, 7) is 1.48.